The predicted octanol–water partition coefficient (Wildman–Crippen LogP) is 4.59. The lowest BCUT2D eigenvalue weighted by molar-refractivity contribution is -0.669. The number of benzene rings is 1. The van der Waals surface area contributed by atoms with E-state index in [1.54, 1.807) is 13.0 Å². The molecule has 11 heteroatoms. The zero-order valence-corrected chi connectivity index (χ0v) is 18.8. The highest BCUT2D eigenvalue weighted by molar-refractivity contribution is 6.36. The standard InChI is InChI=1S/C22H22ClF3N5O2/c1-20(29(2)32)14-5-3-4-6-15(14)21(33-20)8-11-30(12-9-21)16-7-10-31-17(13-22(24,25)26)27-28-19(31)18(16)23/h3-7,10H,8-9,11-13H2,1-2H3/q+1. The van der Waals surface area contributed by atoms with Crippen molar-refractivity contribution < 1.29 is 22.7 Å². The van der Waals surface area contributed by atoms with Crippen LogP contribution in [0.1, 0.15) is 36.7 Å². The summed E-state index contributed by atoms with van der Waals surface area (Å²) in [5.41, 5.74) is 1.11. The molecule has 0 N–H and O–H groups in total. The van der Waals surface area contributed by atoms with Crippen LogP contribution < -0.4 is 4.90 Å². The molecule has 1 unspecified atom stereocenters. The van der Waals surface area contributed by atoms with Crippen LogP contribution >= 0.6 is 11.6 Å². The number of fused-ring (bicyclic) bond motifs is 3. The molecule has 0 amide bonds. The van der Waals surface area contributed by atoms with Gasteiger partial charge in [0.05, 0.1) is 11.3 Å². The molecule has 2 aliphatic rings. The van der Waals surface area contributed by atoms with Gasteiger partial charge in [-0.15, -0.1) is 10.2 Å². The number of anilines is 1. The Morgan fingerprint density at radius 2 is 1.82 bits per heavy atom. The van der Waals surface area contributed by atoms with Gasteiger partial charge in [-0.3, -0.25) is 4.40 Å². The summed E-state index contributed by atoms with van der Waals surface area (Å²) in [6.45, 7) is 2.97. The fourth-order valence-electron chi connectivity index (χ4n) is 5.00. The molecule has 0 aliphatic carbocycles. The quantitative estimate of drug-likeness (QED) is 0.513. The summed E-state index contributed by atoms with van der Waals surface area (Å²) in [7, 11) is 1.46. The fourth-order valence-corrected chi connectivity index (χ4v) is 5.31. The summed E-state index contributed by atoms with van der Waals surface area (Å²) in [6.07, 6.45) is -2.80. The van der Waals surface area contributed by atoms with Crippen LogP contribution in [0.3, 0.4) is 0 Å². The topological polar surface area (TPSA) is 62.7 Å². The van der Waals surface area contributed by atoms with Crippen molar-refractivity contribution in [2.45, 2.75) is 43.7 Å². The van der Waals surface area contributed by atoms with Gasteiger partial charge >= 0.3 is 11.9 Å². The Morgan fingerprint density at radius 3 is 2.45 bits per heavy atom. The molecule has 174 valence electrons. The van der Waals surface area contributed by atoms with Crippen molar-refractivity contribution >= 4 is 22.9 Å². The van der Waals surface area contributed by atoms with Gasteiger partial charge in [-0.25, -0.2) is 0 Å². The summed E-state index contributed by atoms with van der Waals surface area (Å²) in [6, 6.07) is 9.48. The van der Waals surface area contributed by atoms with Gasteiger partial charge in [0.15, 0.2) is 12.7 Å². The number of alkyl halides is 3. The first-order valence-electron chi connectivity index (χ1n) is 10.6. The normalized spacial score (nSPS) is 22.2. The third-order valence-corrected chi connectivity index (χ3v) is 7.11. The van der Waals surface area contributed by atoms with Crippen LogP contribution in [0.5, 0.6) is 0 Å². The fraction of sp³-hybridized carbons (Fsp3) is 0.455. The zero-order chi connectivity index (χ0) is 23.6. The molecule has 1 fully saturated rings. The monoisotopic (exact) mass is 480 g/mol. The van der Waals surface area contributed by atoms with E-state index in [1.165, 1.54) is 17.6 Å². The molecular formula is C22H22ClF3N5O2+. The van der Waals surface area contributed by atoms with Crippen molar-refractivity contribution in [3.05, 3.63) is 63.4 Å². The molecule has 33 heavy (non-hydrogen) atoms. The third kappa shape index (κ3) is 3.47. The van der Waals surface area contributed by atoms with E-state index < -0.39 is 23.9 Å². The number of halogens is 4. The van der Waals surface area contributed by atoms with Crippen LogP contribution in [0.2, 0.25) is 5.02 Å². The summed E-state index contributed by atoms with van der Waals surface area (Å²) in [4.78, 5) is 14.4. The predicted molar refractivity (Wildman–Crippen MR) is 115 cm³/mol. The molecule has 1 atom stereocenters. The van der Waals surface area contributed by atoms with E-state index in [0.29, 0.717) is 31.6 Å². The Labute approximate surface area is 192 Å². The maximum absolute atomic E-state index is 12.8. The summed E-state index contributed by atoms with van der Waals surface area (Å²) >= 11 is 6.55. The van der Waals surface area contributed by atoms with Crippen molar-refractivity contribution in [3.63, 3.8) is 0 Å². The minimum absolute atomic E-state index is 0.191. The van der Waals surface area contributed by atoms with Gasteiger partial charge < -0.3 is 9.64 Å². The van der Waals surface area contributed by atoms with Crippen LogP contribution in [-0.4, -0.2) is 45.7 Å². The molecule has 0 saturated carbocycles. The highest BCUT2D eigenvalue weighted by Gasteiger charge is 2.59. The minimum Gasteiger partial charge on any atom is -0.370 e. The van der Waals surface area contributed by atoms with Gasteiger partial charge in [-0.2, -0.15) is 13.2 Å². The van der Waals surface area contributed by atoms with E-state index in [4.69, 9.17) is 16.3 Å². The summed E-state index contributed by atoms with van der Waals surface area (Å²) in [5, 5.41) is 7.82. The molecule has 0 bridgehead atoms. The number of pyridine rings is 1. The van der Waals surface area contributed by atoms with Crippen molar-refractivity contribution in [1.29, 1.82) is 0 Å². The van der Waals surface area contributed by atoms with Crippen molar-refractivity contribution in [1.82, 2.24) is 14.6 Å². The molecule has 7 nitrogen and oxygen atoms in total. The molecule has 1 spiro atoms. The zero-order valence-electron chi connectivity index (χ0n) is 18.1. The lowest BCUT2D eigenvalue weighted by atomic mass is 9.83. The number of hydrogen-bond donors (Lipinski definition) is 0. The smallest absolute Gasteiger partial charge is 0.370 e. The molecule has 1 saturated heterocycles. The van der Waals surface area contributed by atoms with E-state index in [-0.39, 0.29) is 16.5 Å². The molecule has 1 aromatic carbocycles. The van der Waals surface area contributed by atoms with Gasteiger partial charge in [0.2, 0.25) is 0 Å². The second-order valence-electron chi connectivity index (χ2n) is 8.73. The molecule has 2 aliphatic heterocycles. The van der Waals surface area contributed by atoms with Crippen LogP contribution in [0.15, 0.2) is 36.5 Å². The Kier molecular flexibility index (Phi) is 4.95. The van der Waals surface area contributed by atoms with Gasteiger partial charge in [0.25, 0.3) is 0 Å². The first-order valence-corrected chi connectivity index (χ1v) is 11.0. The second-order valence-corrected chi connectivity index (χ2v) is 9.10. The lowest BCUT2D eigenvalue weighted by Gasteiger charge is -2.40. The highest BCUT2D eigenvalue weighted by Crippen LogP contribution is 2.52. The Balaban J connectivity index is 1.42. The van der Waals surface area contributed by atoms with Crippen LogP contribution in [-0.2, 0) is 22.5 Å². The van der Waals surface area contributed by atoms with Crippen molar-refractivity contribution in [2.24, 2.45) is 0 Å². The maximum atomic E-state index is 12.8. The number of ether oxygens (including phenoxy) is 1. The van der Waals surface area contributed by atoms with Crippen molar-refractivity contribution in [2.75, 3.05) is 25.0 Å². The van der Waals surface area contributed by atoms with E-state index in [0.717, 1.165) is 15.9 Å². The highest BCUT2D eigenvalue weighted by atomic mass is 35.5. The van der Waals surface area contributed by atoms with E-state index in [2.05, 4.69) is 15.1 Å². The Bertz CT molecular complexity index is 1250. The first kappa shape index (κ1) is 22.1. The van der Waals surface area contributed by atoms with Crippen LogP contribution in [0.4, 0.5) is 18.9 Å². The van der Waals surface area contributed by atoms with Crippen molar-refractivity contribution in [3.8, 4) is 0 Å². The van der Waals surface area contributed by atoms with E-state index >= 15 is 0 Å². The second kappa shape index (κ2) is 7.39. The van der Waals surface area contributed by atoms with Crippen LogP contribution in [0.25, 0.3) is 5.65 Å². The molecule has 0 radical (unpaired) electrons. The van der Waals surface area contributed by atoms with Crippen LogP contribution in [0, 0.1) is 4.91 Å². The average molecular weight is 481 g/mol. The van der Waals surface area contributed by atoms with Gasteiger partial charge in [-0.05, 0) is 30.5 Å². The largest absolute Gasteiger partial charge is 0.396 e. The lowest BCUT2D eigenvalue weighted by Crippen LogP contribution is -2.45. The number of nitrogens with zero attached hydrogens (tertiary/aromatic N) is 5. The number of piperidine rings is 1. The molecule has 4 heterocycles. The maximum Gasteiger partial charge on any atom is 0.396 e. The number of nitroso groups, excluding NO2 is 1. The molecule has 5 rings (SSSR count). The van der Waals surface area contributed by atoms with Gasteiger partial charge in [-0.1, -0.05) is 29.8 Å². The van der Waals surface area contributed by atoms with E-state index in [1.807, 2.05) is 24.3 Å². The van der Waals surface area contributed by atoms with Gasteiger partial charge in [0.1, 0.15) is 22.9 Å². The molecule has 3 aromatic rings. The Hall–Kier alpha value is -2.72. The van der Waals surface area contributed by atoms with E-state index in [9.17, 15) is 18.1 Å². The average Bonchev–Trinajstić information content (AvgIpc) is 3.27. The SMILES string of the molecule is C[N+](=O)C1(C)OC2(CCN(c3ccn4c(CC(F)(F)F)nnc4c3Cl)CC2)c2ccccc21. The number of hydrogen-bond acceptors (Lipinski definition) is 5. The minimum atomic E-state index is -4.39. The Morgan fingerprint density at radius 1 is 1.15 bits per heavy atom. The number of rotatable bonds is 3. The number of aromatic nitrogens is 3. The summed E-state index contributed by atoms with van der Waals surface area (Å²) in [5.74, 6) is -0.208. The van der Waals surface area contributed by atoms with Gasteiger partial charge in [0, 0.05) is 35.9 Å². The first-order chi connectivity index (χ1) is 15.5. The molecular weight excluding hydrogens is 459 g/mol. The molecule has 2 aromatic heterocycles. The summed E-state index contributed by atoms with van der Waals surface area (Å²) < 4.78 is 47.0. The third-order valence-electron chi connectivity index (χ3n) is 6.75.